The number of rotatable bonds is 5. The first-order chi connectivity index (χ1) is 11.7. The molecule has 2 aliphatic heterocycles. The summed E-state index contributed by atoms with van der Waals surface area (Å²) in [6, 6.07) is 0. The van der Waals surface area contributed by atoms with Crippen molar-refractivity contribution >= 4 is 17.8 Å². The highest BCUT2D eigenvalue weighted by Gasteiger charge is 2.26. The Kier molecular flexibility index (Phi) is 5.24. The highest BCUT2D eigenvalue weighted by molar-refractivity contribution is 5.87. The molecule has 0 bridgehead atoms. The highest BCUT2D eigenvalue weighted by Crippen LogP contribution is 2.22. The molecule has 8 heteroatoms. The van der Waals surface area contributed by atoms with Crippen LogP contribution in [0.25, 0.3) is 0 Å². The van der Waals surface area contributed by atoms with E-state index in [1.54, 1.807) is 12.4 Å². The lowest BCUT2D eigenvalue weighted by molar-refractivity contribution is -0.136. The third-order valence-electron chi connectivity index (χ3n) is 4.46. The van der Waals surface area contributed by atoms with E-state index in [1.807, 2.05) is 4.90 Å². The van der Waals surface area contributed by atoms with E-state index in [4.69, 9.17) is 9.47 Å². The van der Waals surface area contributed by atoms with Crippen LogP contribution in [0.3, 0.4) is 0 Å². The van der Waals surface area contributed by atoms with E-state index in [0.717, 1.165) is 38.0 Å². The van der Waals surface area contributed by atoms with Crippen molar-refractivity contribution in [2.75, 3.05) is 44.9 Å². The van der Waals surface area contributed by atoms with E-state index in [-0.39, 0.29) is 18.6 Å². The summed E-state index contributed by atoms with van der Waals surface area (Å²) in [4.78, 5) is 35.4. The molecule has 130 valence electrons. The molecule has 1 aromatic rings. The summed E-state index contributed by atoms with van der Waals surface area (Å²) < 4.78 is 9.79. The van der Waals surface area contributed by atoms with Crippen molar-refractivity contribution < 1.29 is 19.1 Å². The van der Waals surface area contributed by atoms with Gasteiger partial charge in [0.2, 0.25) is 5.91 Å². The molecule has 0 aromatic carbocycles. The standard InChI is InChI=1S/C16H22N4O4/c1-23-11-15(21)19-4-2-12(3-5-19)8-13-9-18-14(10-17-13)20-6-7-24-16(20)22/h9-10,12H,2-8,11H2,1H3. The molecule has 2 saturated heterocycles. The molecule has 2 amide bonds. The summed E-state index contributed by atoms with van der Waals surface area (Å²) in [6.07, 6.45) is 5.73. The van der Waals surface area contributed by atoms with Crippen LogP contribution in [0.4, 0.5) is 10.6 Å². The predicted molar refractivity (Wildman–Crippen MR) is 85.6 cm³/mol. The van der Waals surface area contributed by atoms with Crippen molar-refractivity contribution in [1.29, 1.82) is 0 Å². The van der Waals surface area contributed by atoms with E-state index < -0.39 is 0 Å². The number of hydrogen-bond donors (Lipinski definition) is 0. The van der Waals surface area contributed by atoms with Gasteiger partial charge in [-0.1, -0.05) is 0 Å². The molecular formula is C16H22N4O4. The van der Waals surface area contributed by atoms with Gasteiger partial charge < -0.3 is 14.4 Å². The number of methoxy groups -OCH3 is 1. The third-order valence-corrected chi connectivity index (χ3v) is 4.46. The molecular weight excluding hydrogens is 312 g/mol. The van der Waals surface area contributed by atoms with Crippen molar-refractivity contribution in [2.24, 2.45) is 5.92 Å². The van der Waals surface area contributed by atoms with E-state index in [1.165, 1.54) is 12.0 Å². The largest absolute Gasteiger partial charge is 0.447 e. The summed E-state index contributed by atoms with van der Waals surface area (Å²) in [7, 11) is 1.54. The van der Waals surface area contributed by atoms with Crippen LogP contribution in [0, 0.1) is 5.92 Å². The lowest BCUT2D eigenvalue weighted by Gasteiger charge is -2.31. The van der Waals surface area contributed by atoms with Crippen LogP contribution in [0.1, 0.15) is 18.5 Å². The zero-order chi connectivity index (χ0) is 16.9. The minimum Gasteiger partial charge on any atom is -0.447 e. The zero-order valence-electron chi connectivity index (χ0n) is 13.8. The van der Waals surface area contributed by atoms with Crippen LogP contribution in [0.15, 0.2) is 12.4 Å². The Labute approximate surface area is 140 Å². The van der Waals surface area contributed by atoms with Gasteiger partial charge in [-0.05, 0) is 25.2 Å². The molecule has 0 N–H and O–H groups in total. The number of hydrogen-bond acceptors (Lipinski definition) is 6. The Hall–Kier alpha value is -2.22. The quantitative estimate of drug-likeness (QED) is 0.794. The summed E-state index contributed by atoms with van der Waals surface area (Å²) in [5, 5.41) is 0. The molecule has 3 heterocycles. The van der Waals surface area contributed by atoms with Gasteiger partial charge in [-0.25, -0.2) is 9.78 Å². The first kappa shape index (κ1) is 16.6. The molecule has 2 fully saturated rings. The van der Waals surface area contributed by atoms with Crippen LogP contribution in [-0.4, -0.2) is 66.8 Å². The van der Waals surface area contributed by atoms with E-state index in [2.05, 4.69) is 9.97 Å². The number of carbonyl (C=O) groups excluding carboxylic acids is 2. The Bertz CT molecular complexity index is 584. The molecule has 0 radical (unpaired) electrons. The fraction of sp³-hybridized carbons (Fsp3) is 0.625. The summed E-state index contributed by atoms with van der Waals surface area (Å²) in [5.41, 5.74) is 0.910. The molecule has 8 nitrogen and oxygen atoms in total. The molecule has 3 rings (SSSR count). The predicted octanol–water partition coefficient (Wildman–Crippen LogP) is 0.861. The molecule has 0 unspecified atom stereocenters. The number of piperidine rings is 1. The van der Waals surface area contributed by atoms with Crippen LogP contribution >= 0.6 is 0 Å². The fourth-order valence-electron chi connectivity index (χ4n) is 3.09. The zero-order valence-corrected chi connectivity index (χ0v) is 13.8. The second-order valence-corrected chi connectivity index (χ2v) is 6.09. The first-order valence-corrected chi connectivity index (χ1v) is 8.19. The van der Waals surface area contributed by atoms with Crippen LogP contribution in [0.5, 0.6) is 0 Å². The first-order valence-electron chi connectivity index (χ1n) is 8.19. The molecule has 0 saturated carbocycles. The van der Waals surface area contributed by atoms with Crippen molar-refractivity contribution in [3.63, 3.8) is 0 Å². The molecule has 0 spiro atoms. The third kappa shape index (κ3) is 3.81. The monoisotopic (exact) mass is 334 g/mol. The maximum Gasteiger partial charge on any atom is 0.415 e. The second kappa shape index (κ2) is 7.57. The summed E-state index contributed by atoms with van der Waals surface area (Å²) in [6.45, 7) is 2.58. The number of nitrogens with zero attached hydrogens (tertiary/aromatic N) is 4. The summed E-state index contributed by atoms with van der Waals surface area (Å²) in [5.74, 6) is 1.08. The Morgan fingerprint density at radius 1 is 1.29 bits per heavy atom. The number of aromatic nitrogens is 2. The number of likely N-dealkylation sites (tertiary alicyclic amines) is 1. The highest BCUT2D eigenvalue weighted by atomic mass is 16.6. The number of anilines is 1. The molecule has 0 aliphatic carbocycles. The van der Waals surface area contributed by atoms with Crippen LogP contribution in [0.2, 0.25) is 0 Å². The number of ether oxygens (including phenoxy) is 2. The average molecular weight is 334 g/mol. The van der Waals surface area contributed by atoms with Gasteiger partial charge in [0.15, 0.2) is 5.82 Å². The van der Waals surface area contributed by atoms with Crippen LogP contribution < -0.4 is 4.90 Å². The second-order valence-electron chi connectivity index (χ2n) is 6.09. The maximum absolute atomic E-state index is 11.8. The van der Waals surface area contributed by atoms with Gasteiger partial charge in [0, 0.05) is 20.2 Å². The van der Waals surface area contributed by atoms with Crippen molar-refractivity contribution in [3.05, 3.63) is 18.1 Å². The van der Waals surface area contributed by atoms with Gasteiger partial charge in [0.25, 0.3) is 0 Å². The van der Waals surface area contributed by atoms with Gasteiger partial charge in [0.05, 0.1) is 24.6 Å². The number of cyclic esters (lactones) is 1. The normalized spacial score (nSPS) is 18.8. The Morgan fingerprint density at radius 2 is 2.08 bits per heavy atom. The van der Waals surface area contributed by atoms with Gasteiger partial charge in [-0.2, -0.15) is 0 Å². The fourth-order valence-corrected chi connectivity index (χ4v) is 3.09. The van der Waals surface area contributed by atoms with Crippen molar-refractivity contribution in [2.45, 2.75) is 19.3 Å². The van der Waals surface area contributed by atoms with Crippen molar-refractivity contribution in [3.8, 4) is 0 Å². The van der Waals surface area contributed by atoms with Gasteiger partial charge >= 0.3 is 6.09 Å². The van der Waals surface area contributed by atoms with Crippen LogP contribution in [-0.2, 0) is 20.7 Å². The summed E-state index contributed by atoms with van der Waals surface area (Å²) >= 11 is 0. The lowest BCUT2D eigenvalue weighted by Crippen LogP contribution is -2.40. The molecule has 2 aliphatic rings. The minimum atomic E-state index is -0.370. The van der Waals surface area contributed by atoms with Gasteiger partial charge in [-0.15, -0.1) is 0 Å². The number of carbonyl (C=O) groups is 2. The van der Waals surface area contributed by atoms with Crippen molar-refractivity contribution in [1.82, 2.24) is 14.9 Å². The maximum atomic E-state index is 11.8. The topological polar surface area (TPSA) is 84.9 Å². The van der Waals surface area contributed by atoms with Gasteiger partial charge in [0.1, 0.15) is 13.2 Å². The Morgan fingerprint density at radius 3 is 2.67 bits per heavy atom. The van der Waals surface area contributed by atoms with Gasteiger partial charge in [-0.3, -0.25) is 14.7 Å². The van der Waals surface area contributed by atoms with E-state index in [0.29, 0.717) is 24.9 Å². The number of amides is 2. The Balaban J connectivity index is 1.50. The van der Waals surface area contributed by atoms with E-state index >= 15 is 0 Å². The SMILES string of the molecule is COCC(=O)N1CCC(Cc2cnc(N3CCOC3=O)cn2)CC1. The molecule has 0 atom stereocenters. The average Bonchev–Trinajstić information content (AvgIpc) is 3.02. The minimum absolute atomic E-state index is 0.0533. The molecule has 24 heavy (non-hydrogen) atoms. The van der Waals surface area contributed by atoms with E-state index in [9.17, 15) is 9.59 Å². The smallest absolute Gasteiger partial charge is 0.415 e. The molecule has 1 aromatic heterocycles. The lowest BCUT2D eigenvalue weighted by atomic mass is 9.92.